The quantitative estimate of drug-likeness (QED) is 0.785. The van der Waals surface area contributed by atoms with Crippen LogP contribution in [0, 0.1) is 5.82 Å². The predicted octanol–water partition coefficient (Wildman–Crippen LogP) is 4.17. The third kappa shape index (κ3) is 3.30. The molecule has 0 aliphatic carbocycles. The van der Waals surface area contributed by atoms with Gasteiger partial charge in [-0.15, -0.1) is 0 Å². The lowest BCUT2D eigenvalue weighted by Crippen LogP contribution is -1.89. The Bertz CT molecular complexity index is 755. The average Bonchev–Trinajstić information content (AvgIpc) is 2.58. The number of aliphatic hydroxyl groups is 1. The number of benzene rings is 2. The summed E-state index contributed by atoms with van der Waals surface area (Å²) in [5, 5.41) is 9.16. The van der Waals surface area contributed by atoms with E-state index in [-0.39, 0.29) is 12.4 Å². The Morgan fingerprint density at radius 3 is 2.18 bits per heavy atom. The van der Waals surface area contributed by atoms with Gasteiger partial charge in [-0.1, -0.05) is 0 Å². The first-order valence-electron chi connectivity index (χ1n) is 6.84. The van der Waals surface area contributed by atoms with Gasteiger partial charge >= 0.3 is 0 Å². The molecule has 0 unspecified atom stereocenters. The Morgan fingerprint density at radius 2 is 1.55 bits per heavy atom. The number of aromatic nitrogens is 1. The van der Waals surface area contributed by atoms with Gasteiger partial charge in [0.05, 0.1) is 12.3 Å². The summed E-state index contributed by atoms with van der Waals surface area (Å²) >= 11 is 0. The molecule has 0 atom stereocenters. The molecule has 1 aromatic heterocycles. The van der Waals surface area contributed by atoms with Gasteiger partial charge in [0.1, 0.15) is 17.3 Å². The summed E-state index contributed by atoms with van der Waals surface area (Å²) in [4.78, 5) is 4.29. The largest absolute Gasteiger partial charge is 0.457 e. The first-order chi connectivity index (χ1) is 10.7. The molecular formula is C18H14FNO2. The van der Waals surface area contributed by atoms with E-state index in [1.165, 1.54) is 12.1 Å². The molecule has 4 heteroatoms. The predicted molar refractivity (Wildman–Crippen MR) is 82.1 cm³/mol. The van der Waals surface area contributed by atoms with Crippen molar-refractivity contribution < 1.29 is 14.2 Å². The molecule has 1 heterocycles. The Kier molecular flexibility index (Phi) is 4.12. The second-order valence-electron chi connectivity index (χ2n) is 4.79. The fourth-order valence-electron chi connectivity index (χ4n) is 2.06. The van der Waals surface area contributed by atoms with Crippen LogP contribution in [0.25, 0.3) is 11.3 Å². The first kappa shape index (κ1) is 14.2. The molecular weight excluding hydrogens is 281 g/mol. The molecule has 0 amide bonds. The molecule has 0 saturated carbocycles. The molecule has 3 rings (SSSR count). The summed E-state index contributed by atoms with van der Waals surface area (Å²) in [5.74, 6) is 0.945. The number of pyridine rings is 1. The zero-order valence-electron chi connectivity index (χ0n) is 11.7. The van der Waals surface area contributed by atoms with E-state index in [4.69, 9.17) is 9.84 Å². The van der Waals surface area contributed by atoms with Crippen molar-refractivity contribution in [2.24, 2.45) is 0 Å². The Labute approximate surface area is 127 Å². The molecule has 22 heavy (non-hydrogen) atoms. The summed E-state index contributed by atoms with van der Waals surface area (Å²) in [7, 11) is 0. The minimum atomic E-state index is -0.294. The summed E-state index contributed by atoms with van der Waals surface area (Å²) in [6, 6.07) is 16.9. The maximum absolute atomic E-state index is 12.8. The molecule has 0 fully saturated rings. The molecule has 3 aromatic rings. The van der Waals surface area contributed by atoms with Gasteiger partial charge < -0.3 is 9.84 Å². The van der Waals surface area contributed by atoms with Crippen LogP contribution in [-0.2, 0) is 6.61 Å². The van der Waals surface area contributed by atoms with Crippen molar-refractivity contribution in [3.63, 3.8) is 0 Å². The molecule has 3 nitrogen and oxygen atoms in total. The molecule has 1 N–H and O–H groups in total. The number of ether oxygens (including phenoxy) is 1. The summed E-state index contributed by atoms with van der Waals surface area (Å²) in [6.07, 6.45) is 1.67. The minimum absolute atomic E-state index is 0.0126. The second-order valence-corrected chi connectivity index (χ2v) is 4.79. The van der Waals surface area contributed by atoms with Gasteiger partial charge in [0.15, 0.2) is 0 Å². The van der Waals surface area contributed by atoms with E-state index < -0.39 is 0 Å². The summed E-state index contributed by atoms with van der Waals surface area (Å²) < 4.78 is 18.5. The lowest BCUT2D eigenvalue weighted by molar-refractivity contribution is 0.282. The van der Waals surface area contributed by atoms with E-state index >= 15 is 0 Å². The first-order valence-corrected chi connectivity index (χ1v) is 6.84. The third-order valence-electron chi connectivity index (χ3n) is 3.21. The minimum Gasteiger partial charge on any atom is -0.457 e. The standard InChI is InChI=1S/C18H14FNO2/c19-15-3-7-17(8-4-15)22-16-5-1-14(2-6-16)18-11-13(12-21)9-10-20-18/h1-11,21H,12H2. The van der Waals surface area contributed by atoms with E-state index in [1.807, 2.05) is 30.3 Å². The van der Waals surface area contributed by atoms with Crippen molar-refractivity contribution in [1.82, 2.24) is 4.98 Å². The van der Waals surface area contributed by atoms with Crippen LogP contribution in [0.4, 0.5) is 4.39 Å². The van der Waals surface area contributed by atoms with Crippen molar-refractivity contribution in [2.45, 2.75) is 6.61 Å². The molecule has 2 aromatic carbocycles. The van der Waals surface area contributed by atoms with Gasteiger partial charge in [-0.3, -0.25) is 4.98 Å². The van der Waals surface area contributed by atoms with E-state index in [0.29, 0.717) is 11.5 Å². The Morgan fingerprint density at radius 1 is 0.909 bits per heavy atom. The second kappa shape index (κ2) is 6.37. The van der Waals surface area contributed by atoms with Crippen LogP contribution in [0.3, 0.4) is 0 Å². The number of nitrogens with zero attached hydrogens (tertiary/aromatic N) is 1. The number of halogens is 1. The summed E-state index contributed by atoms with van der Waals surface area (Å²) in [6.45, 7) is -0.0126. The highest BCUT2D eigenvalue weighted by Crippen LogP contribution is 2.25. The molecule has 0 aliphatic heterocycles. The van der Waals surface area contributed by atoms with Gasteiger partial charge in [-0.25, -0.2) is 4.39 Å². The monoisotopic (exact) mass is 295 g/mol. The van der Waals surface area contributed by atoms with Gasteiger partial charge in [-0.2, -0.15) is 0 Å². The van der Waals surface area contributed by atoms with Crippen LogP contribution in [0.2, 0.25) is 0 Å². The lowest BCUT2D eigenvalue weighted by atomic mass is 10.1. The van der Waals surface area contributed by atoms with Crippen LogP contribution in [0.5, 0.6) is 11.5 Å². The van der Waals surface area contributed by atoms with Crippen molar-refractivity contribution in [1.29, 1.82) is 0 Å². The Hall–Kier alpha value is -2.72. The highest BCUT2D eigenvalue weighted by molar-refractivity contribution is 5.60. The zero-order chi connectivity index (χ0) is 15.4. The van der Waals surface area contributed by atoms with Crippen molar-refractivity contribution in [3.8, 4) is 22.8 Å². The van der Waals surface area contributed by atoms with E-state index in [9.17, 15) is 4.39 Å². The molecule has 0 radical (unpaired) electrons. The van der Waals surface area contributed by atoms with Crippen LogP contribution in [-0.4, -0.2) is 10.1 Å². The van der Waals surface area contributed by atoms with Crippen LogP contribution in [0.1, 0.15) is 5.56 Å². The molecule has 0 bridgehead atoms. The van der Waals surface area contributed by atoms with Crippen molar-refractivity contribution in [2.75, 3.05) is 0 Å². The average molecular weight is 295 g/mol. The smallest absolute Gasteiger partial charge is 0.127 e. The zero-order valence-corrected chi connectivity index (χ0v) is 11.7. The van der Waals surface area contributed by atoms with E-state index in [2.05, 4.69) is 4.98 Å². The van der Waals surface area contributed by atoms with E-state index in [0.717, 1.165) is 16.8 Å². The van der Waals surface area contributed by atoms with Crippen LogP contribution >= 0.6 is 0 Å². The maximum atomic E-state index is 12.8. The van der Waals surface area contributed by atoms with Gasteiger partial charge in [0.2, 0.25) is 0 Å². The van der Waals surface area contributed by atoms with Gasteiger partial charge in [0.25, 0.3) is 0 Å². The topological polar surface area (TPSA) is 42.4 Å². The molecule has 110 valence electrons. The third-order valence-corrected chi connectivity index (χ3v) is 3.21. The number of aliphatic hydroxyl groups excluding tert-OH is 1. The van der Waals surface area contributed by atoms with Gasteiger partial charge in [-0.05, 0) is 66.2 Å². The molecule has 0 aliphatic rings. The highest BCUT2D eigenvalue weighted by atomic mass is 19.1. The van der Waals surface area contributed by atoms with Crippen LogP contribution in [0.15, 0.2) is 66.9 Å². The molecule has 0 saturated heterocycles. The Balaban J connectivity index is 1.78. The lowest BCUT2D eigenvalue weighted by Gasteiger charge is -2.07. The fraction of sp³-hybridized carbons (Fsp3) is 0.0556. The summed E-state index contributed by atoms with van der Waals surface area (Å²) in [5.41, 5.74) is 2.54. The highest BCUT2D eigenvalue weighted by Gasteiger charge is 2.02. The maximum Gasteiger partial charge on any atom is 0.127 e. The van der Waals surface area contributed by atoms with Gasteiger partial charge in [0, 0.05) is 11.8 Å². The number of rotatable bonds is 4. The van der Waals surface area contributed by atoms with Crippen molar-refractivity contribution >= 4 is 0 Å². The van der Waals surface area contributed by atoms with Crippen LogP contribution < -0.4 is 4.74 Å². The number of hydrogen-bond donors (Lipinski definition) is 1. The SMILES string of the molecule is OCc1ccnc(-c2ccc(Oc3ccc(F)cc3)cc2)c1. The van der Waals surface area contributed by atoms with E-state index in [1.54, 1.807) is 24.4 Å². The van der Waals surface area contributed by atoms with Crippen molar-refractivity contribution in [3.05, 3.63) is 78.2 Å². The normalized spacial score (nSPS) is 10.5. The molecule has 0 spiro atoms. The fourth-order valence-corrected chi connectivity index (χ4v) is 2.06. The number of hydrogen-bond acceptors (Lipinski definition) is 3.